The standard InChI is InChI=1S/C57H35N5O/c1-3-17-43-36(14-1)16-13-22-44(43)37-28-30-38(31-29-37)55-58-56(60-57(59-55)54-34-39-15-2-12-27-53(39)63-54)40-32-41(61-49-23-8-4-18-45(49)46-19-5-9-24-50(46)61)35-42(33-40)62-51-25-10-6-20-47(51)48-21-7-11-26-52(48)62/h1-35H. The number of para-hydroxylation sites is 5. The molecule has 6 nitrogen and oxygen atoms in total. The van der Waals surface area contributed by atoms with Gasteiger partial charge in [-0.2, -0.15) is 0 Å². The van der Waals surface area contributed by atoms with E-state index in [1.165, 1.54) is 37.9 Å². The Hall–Kier alpha value is -8.61. The Bertz CT molecular complexity index is 3650. The van der Waals surface area contributed by atoms with Crippen molar-refractivity contribution in [3.8, 4) is 56.9 Å². The highest BCUT2D eigenvalue weighted by Gasteiger charge is 2.21. The molecule has 0 saturated carbocycles. The molecule has 9 aromatic carbocycles. The summed E-state index contributed by atoms with van der Waals surface area (Å²) in [5, 5.41) is 8.18. The van der Waals surface area contributed by atoms with Crippen LogP contribution in [0.25, 0.3) is 122 Å². The van der Waals surface area contributed by atoms with Gasteiger partial charge in [0.1, 0.15) is 5.58 Å². The second kappa shape index (κ2) is 14.0. The maximum absolute atomic E-state index is 6.45. The summed E-state index contributed by atoms with van der Waals surface area (Å²) >= 11 is 0. The van der Waals surface area contributed by atoms with Gasteiger partial charge in [-0.1, -0.05) is 158 Å². The molecule has 294 valence electrons. The molecule has 0 aliphatic rings. The Balaban J connectivity index is 1.07. The molecule has 0 atom stereocenters. The molecule has 6 heteroatoms. The first-order valence-corrected chi connectivity index (χ1v) is 21.2. The van der Waals surface area contributed by atoms with Gasteiger partial charge in [-0.05, 0) is 76.5 Å². The number of hydrogen-bond acceptors (Lipinski definition) is 4. The summed E-state index contributed by atoms with van der Waals surface area (Å²) in [4.78, 5) is 15.7. The van der Waals surface area contributed by atoms with Gasteiger partial charge in [-0.15, -0.1) is 0 Å². The molecule has 0 amide bonds. The molecular formula is C57H35N5O. The van der Waals surface area contributed by atoms with E-state index in [0.717, 1.165) is 61.1 Å². The fourth-order valence-corrected chi connectivity index (χ4v) is 9.50. The zero-order valence-corrected chi connectivity index (χ0v) is 33.9. The lowest BCUT2D eigenvalue weighted by atomic mass is 9.97. The highest BCUT2D eigenvalue weighted by molar-refractivity contribution is 6.11. The minimum absolute atomic E-state index is 0.463. The van der Waals surface area contributed by atoms with Crippen LogP contribution in [-0.2, 0) is 0 Å². The largest absolute Gasteiger partial charge is 0.453 e. The van der Waals surface area contributed by atoms with E-state index in [1.807, 2.05) is 30.3 Å². The number of benzene rings is 9. The summed E-state index contributed by atoms with van der Waals surface area (Å²) in [6.45, 7) is 0. The first-order valence-electron chi connectivity index (χ1n) is 21.2. The van der Waals surface area contributed by atoms with E-state index in [9.17, 15) is 0 Å². The molecule has 0 fully saturated rings. The summed E-state index contributed by atoms with van der Waals surface area (Å²) in [5.41, 5.74) is 11.3. The number of aromatic nitrogens is 5. The zero-order chi connectivity index (χ0) is 41.4. The number of furan rings is 1. The van der Waals surface area contributed by atoms with Gasteiger partial charge in [-0.3, -0.25) is 0 Å². The number of nitrogens with zero attached hydrogens (tertiary/aromatic N) is 5. The van der Waals surface area contributed by atoms with Gasteiger partial charge < -0.3 is 13.6 Å². The number of hydrogen-bond donors (Lipinski definition) is 0. The summed E-state index contributed by atoms with van der Waals surface area (Å²) in [5.74, 6) is 2.14. The van der Waals surface area contributed by atoms with E-state index in [2.05, 4.69) is 191 Å². The van der Waals surface area contributed by atoms with Crippen molar-refractivity contribution in [2.24, 2.45) is 0 Å². The smallest absolute Gasteiger partial charge is 0.199 e. The molecule has 63 heavy (non-hydrogen) atoms. The highest BCUT2D eigenvalue weighted by Crippen LogP contribution is 2.39. The summed E-state index contributed by atoms with van der Waals surface area (Å²) in [7, 11) is 0. The summed E-state index contributed by atoms with van der Waals surface area (Å²) in [6.07, 6.45) is 0. The molecule has 4 heterocycles. The summed E-state index contributed by atoms with van der Waals surface area (Å²) < 4.78 is 11.2. The average Bonchev–Trinajstić information content (AvgIpc) is 4.04. The van der Waals surface area contributed by atoms with Gasteiger partial charge in [0, 0.05) is 49.4 Å². The van der Waals surface area contributed by atoms with Gasteiger partial charge >= 0.3 is 0 Å². The maximum atomic E-state index is 6.45. The molecular weight excluding hydrogens is 771 g/mol. The lowest BCUT2D eigenvalue weighted by Crippen LogP contribution is -2.03. The number of fused-ring (bicyclic) bond motifs is 8. The molecule has 0 unspecified atom stereocenters. The van der Waals surface area contributed by atoms with E-state index < -0.39 is 0 Å². The minimum Gasteiger partial charge on any atom is -0.453 e. The van der Waals surface area contributed by atoms with Crippen LogP contribution in [0.5, 0.6) is 0 Å². The second-order valence-electron chi connectivity index (χ2n) is 16.0. The van der Waals surface area contributed by atoms with Crippen LogP contribution in [0.4, 0.5) is 0 Å². The Labute approximate surface area is 361 Å². The predicted molar refractivity (Wildman–Crippen MR) is 258 cm³/mol. The first kappa shape index (κ1) is 35.2. The minimum atomic E-state index is 0.463. The van der Waals surface area contributed by atoms with Gasteiger partial charge in [0.25, 0.3) is 0 Å². The monoisotopic (exact) mass is 805 g/mol. The Morgan fingerprint density at radius 3 is 1.33 bits per heavy atom. The van der Waals surface area contributed by atoms with Crippen molar-refractivity contribution in [2.45, 2.75) is 0 Å². The fourth-order valence-electron chi connectivity index (χ4n) is 9.50. The topological polar surface area (TPSA) is 61.7 Å². The van der Waals surface area contributed by atoms with Gasteiger partial charge in [0.15, 0.2) is 23.2 Å². The predicted octanol–water partition coefficient (Wildman–Crippen LogP) is 14.6. The molecule has 13 aromatic rings. The lowest BCUT2D eigenvalue weighted by molar-refractivity contribution is 0.625. The van der Waals surface area contributed by atoms with Gasteiger partial charge in [-0.25, -0.2) is 15.0 Å². The fraction of sp³-hybridized carbons (Fsp3) is 0. The second-order valence-corrected chi connectivity index (χ2v) is 16.0. The molecule has 0 aliphatic carbocycles. The third-order valence-corrected chi connectivity index (χ3v) is 12.4. The van der Waals surface area contributed by atoms with Crippen LogP contribution in [0.1, 0.15) is 0 Å². The van der Waals surface area contributed by atoms with Gasteiger partial charge in [0.2, 0.25) is 0 Å². The molecule has 0 aliphatic heterocycles. The van der Waals surface area contributed by atoms with Crippen molar-refractivity contribution < 1.29 is 4.42 Å². The summed E-state index contributed by atoms with van der Waals surface area (Å²) in [6, 6.07) is 74.7. The molecule has 0 N–H and O–H groups in total. The van der Waals surface area contributed by atoms with Crippen molar-refractivity contribution in [1.82, 2.24) is 24.1 Å². The third kappa shape index (κ3) is 5.69. The zero-order valence-electron chi connectivity index (χ0n) is 33.9. The van der Waals surface area contributed by atoms with Crippen molar-refractivity contribution >= 4 is 65.4 Å². The molecule has 13 rings (SSSR count). The Morgan fingerprint density at radius 1 is 0.317 bits per heavy atom. The van der Waals surface area contributed by atoms with Crippen LogP contribution in [0, 0.1) is 0 Å². The number of rotatable bonds is 6. The van der Waals surface area contributed by atoms with Crippen molar-refractivity contribution in [3.63, 3.8) is 0 Å². The third-order valence-electron chi connectivity index (χ3n) is 12.4. The molecule has 0 spiro atoms. The van der Waals surface area contributed by atoms with Gasteiger partial charge in [0.05, 0.1) is 22.1 Å². The van der Waals surface area contributed by atoms with Crippen LogP contribution >= 0.6 is 0 Å². The van der Waals surface area contributed by atoms with Crippen LogP contribution in [-0.4, -0.2) is 24.1 Å². The van der Waals surface area contributed by atoms with E-state index in [1.54, 1.807) is 0 Å². The van der Waals surface area contributed by atoms with E-state index >= 15 is 0 Å². The van der Waals surface area contributed by atoms with Crippen molar-refractivity contribution in [2.75, 3.05) is 0 Å². The molecule has 0 saturated heterocycles. The van der Waals surface area contributed by atoms with Crippen LogP contribution in [0.2, 0.25) is 0 Å². The SMILES string of the molecule is c1ccc2oc(-c3nc(-c4ccc(-c5cccc6ccccc56)cc4)nc(-c4cc(-n5c6ccccc6c6ccccc65)cc(-n5c6ccccc6c6ccccc65)c4)n3)cc2c1. The van der Waals surface area contributed by atoms with Crippen molar-refractivity contribution in [1.29, 1.82) is 0 Å². The maximum Gasteiger partial charge on any atom is 0.199 e. The highest BCUT2D eigenvalue weighted by atomic mass is 16.3. The molecule has 0 bridgehead atoms. The van der Waals surface area contributed by atoms with Crippen LogP contribution < -0.4 is 0 Å². The van der Waals surface area contributed by atoms with E-state index in [-0.39, 0.29) is 0 Å². The van der Waals surface area contributed by atoms with Crippen LogP contribution in [0.15, 0.2) is 217 Å². The van der Waals surface area contributed by atoms with E-state index in [4.69, 9.17) is 19.4 Å². The quantitative estimate of drug-likeness (QED) is 0.168. The first-order chi connectivity index (χ1) is 31.2. The molecule has 0 radical (unpaired) electrons. The van der Waals surface area contributed by atoms with Crippen LogP contribution in [0.3, 0.4) is 0 Å². The van der Waals surface area contributed by atoms with Crippen molar-refractivity contribution in [3.05, 3.63) is 212 Å². The van der Waals surface area contributed by atoms with E-state index in [0.29, 0.717) is 23.2 Å². The molecule has 4 aromatic heterocycles. The Kier molecular flexibility index (Phi) is 7.80. The normalized spacial score (nSPS) is 11.8. The Morgan fingerprint density at radius 2 is 0.762 bits per heavy atom. The lowest BCUT2D eigenvalue weighted by Gasteiger charge is -2.16. The average molecular weight is 806 g/mol.